The minimum Gasteiger partial charge on any atom is -0.452 e. The molecule has 4 saturated carbocycles. The fourth-order valence-electron chi connectivity index (χ4n) is 5.77. The summed E-state index contributed by atoms with van der Waals surface area (Å²) >= 11 is 0. The summed E-state index contributed by atoms with van der Waals surface area (Å²) in [5, 5.41) is 2.99. The van der Waals surface area contributed by atoms with E-state index in [1.165, 1.54) is 62.8 Å². The number of amides is 1. The lowest BCUT2D eigenvalue weighted by molar-refractivity contribution is -0.144. The normalized spacial score (nSPS) is 31.2. The second-order valence-corrected chi connectivity index (χ2v) is 8.69. The molecule has 0 aliphatic heterocycles. The molecule has 1 aromatic rings. The molecule has 4 bridgehead atoms. The van der Waals surface area contributed by atoms with Crippen LogP contribution in [0.3, 0.4) is 0 Å². The second-order valence-electron chi connectivity index (χ2n) is 8.69. The van der Waals surface area contributed by atoms with Gasteiger partial charge in [-0.1, -0.05) is 12.1 Å². The number of rotatable bonds is 6. The number of nitrogens with one attached hydrogen (secondary N) is 1. The van der Waals surface area contributed by atoms with Crippen molar-refractivity contribution < 1.29 is 18.7 Å². The van der Waals surface area contributed by atoms with E-state index in [0.29, 0.717) is 12.1 Å². The van der Waals surface area contributed by atoms with Crippen molar-refractivity contribution in [1.82, 2.24) is 5.32 Å². The molecule has 4 fully saturated rings. The van der Waals surface area contributed by atoms with Crippen LogP contribution in [-0.4, -0.2) is 25.0 Å². The lowest BCUT2D eigenvalue weighted by atomic mass is 9.49. The standard InChI is InChI=1S/C22H26FNO3/c23-19-4-1-15(2-5-19)3-6-21(26)27-13-20(25)24-14-22-10-16-7-17(11-22)9-18(8-16)12-22/h1-6,16-18H,7-14H2,(H,24,25)/b6-3+. The van der Waals surface area contributed by atoms with Crippen LogP contribution in [0.4, 0.5) is 4.39 Å². The van der Waals surface area contributed by atoms with Crippen LogP contribution in [0.5, 0.6) is 0 Å². The Bertz CT molecular complexity index is 705. The molecule has 4 aliphatic rings. The van der Waals surface area contributed by atoms with Crippen molar-refractivity contribution >= 4 is 18.0 Å². The van der Waals surface area contributed by atoms with E-state index < -0.39 is 5.97 Å². The number of hydrogen-bond donors (Lipinski definition) is 1. The van der Waals surface area contributed by atoms with Crippen LogP contribution in [-0.2, 0) is 14.3 Å². The summed E-state index contributed by atoms with van der Waals surface area (Å²) in [6.07, 6.45) is 10.6. The first kappa shape index (κ1) is 18.2. The summed E-state index contributed by atoms with van der Waals surface area (Å²) in [5.41, 5.74) is 0.969. The topological polar surface area (TPSA) is 55.4 Å². The number of esters is 1. The van der Waals surface area contributed by atoms with Gasteiger partial charge in [-0.2, -0.15) is 0 Å². The monoisotopic (exact) mass is 371 g/mol. The molecule has 27 heavy (non-hydrogen) atoms. The zero-order valence-electron chi connectivity index (χ0n) is 15.5. The predicted octanol–water partition coefficient (Wildman–Crippen LogP) is 3.71. The summed E-state index contributed by atoms with van der Waals surface area (Å²) in [5.74, 6) is 1.40. The van der Waals surface area contributed by atoms with Gasteiger partial charge in [0.2, 0.25) is 0 Å². The van der Waals surface area contributed by atoms with E-state index in [1.807, 2.05) is 0 Å². The first-order valence-electron chi connectivity index (χ1n) is 9.87. The molecule has 4 nitrogen and oxygen atoms in total. The highest BCUT2D eigenvalue weighted by Gasteiger charge is 2.50. The maximum absolute atomic E-state index is 12.8. The molecule has 5 heteroatoms. The van der Waals surface area contributed by atoms with Crippen molar-refractivity contribution in [2.45, 2.75) is 38.5 Å². The zero-order valence-corrected chi connectivity index (χ0v) is 15.5. The molecule has 0 aromatic heterocycles. The number of hydrogen-bond acceptors (Lipinski definition) is 3. The minimum absolute atomic E-state index is 0.241. The molecule has 4 aliphatic carbocycles. The molecule has 0 saturated heterocycles. The van der Waals surface area contributed by atoms with Gasteiger partial charge in [-0.15, -0.1) is 0 Å². The maximum atomic E-state index is 12.8. The fourth-order valence-corrected chi connectivity index (χ4v) is 5.77. The maximum Gasteiger partial charge on any atom is 0.331 e. The molecule has 1 N–H and O–H groups in total. The highest BCUT2D eigenvalue weighted by atomic mass is 19.1. The van der Waals surface area contributed by atoms with Crippen molar-refractivity contribution in [1.29, 1.82) is 0 Å². The summed E-state index contributed by atoms with van der Waals surface area (Å²) < 4.78 is 17.9. The number of benzene rings is 1. The van der Waals surface area contributed by atoms with Crippen molar-refractivity contribution in [2.24, 2.45) is 23.2 Å². The van der Waals surface area contributed by atoms with Crippen LogP contribution < -0.4 is 5.32 Å². The van der Waals surface area contributed by atoms with Gasteiger partial charge in [0.15, 0.2) is 6.61 Å². The van der Waals surface area contributed by atoms with Gasteiger partial charge in [0.05, 0.1) is 0 Å². The van der Waals surface area contributed by atoms with Gasteiger partial charge in [0.1, 0.15) is 5.82 Å². The Morgan fingerprint density at radius 3 is 2.26 bits per heavy atom. The van der Waals surface area contributed by atoms with Crippen molar-refractivity contribution in [3.8, 4) is 0 Å². The Labute approximate surface area is 159 Å². The molecule has 0 unspecified atom stereocenters. The Morgan fingerprint density at radius 2 is 1.67 bits per heavy atom. The predicted molar refractivity (Wildman–Crippen MR) is 100 cm³/mol. The van der Waals surface area contributed by atoms with E-state index in [4.69, 9.17) is 4.74 Å². The summed E-state index contributed by atoms with van der Waals surface area (Å²) in [7, 11) is 0. The van der Waals surface area contributed by atoms with Gasteiger partial charge >= 0.3 is 5.97 Å². The first-order chi connectivity index (χ1) is 13.0. The van der Waals surface area contributed by atoms with Gasteiger partial charge in [-0.05, 0) is 85.5 Å². The molecular formula is C22H26FNO3. The van der Waals surface area contributed by atoms with Crippen molar-refractivity contribution in [3.63, 3.8) is 0 Å². The van der Waals surface area contributed by atoms with Crippen molar-refractivity contribution in [3.05, 3.63) is 41.7 Å². The van der Waals surface area contributed by atoms with Crippen LogP contribution in [0.1, 0.15) is 44.1 Å². The van der Waals surface area contributed by atoms with Gasteiger partial charge in [-0.25, -0.2) is 9.18 Å². The Morgan fingerprint density at radius 1 is 1.07 bits per heavy atom. The average Bonchev–Trinajstić information content (AvgIpc) is 2.63. The molecule has 5 rings (SSSR count). The third kappa shape index (κ3) is 4.40. The third-order valence-corrected chi connectivity index (χ3v) is 6.45. The summed E-state index contributed by atoms with van der Waals surface area (Å²) in [6, 6.07) is 5.78. The molecule has 1 amide bonds. The zero-order chi connectivity index (χ0) is 18.9. The molecule has 1 aromatic carbocycles. The van der Waals surface area contributed by atoms with E-state index in [9.17, 15) is 14.0 Å². The third-order valence-electron chi connectivity index (χ3n) is 6.45. The molecule has 0 heterocycles. The Kier molecular flexibility index (Phi) is 5.02. The molecule has 144 valence electrons. The van der Waals surface area contributed by atoms with Crippen LogP contribution in [0, 0.1) is 29.0 Å². The van der Waals surface area contributed by atoms with Crippen LogP contribution >= 0.6 is 0 Å². The van der Waals surface area contributed by atoms with Crippen molar-refractivity contribution in [2.75, 3.05) is 13.2 Å². The van der Waals surface area contributed by atoms with Gasteiger partial charge in [0, 0.05) is 12.6 Å². The lowest BCUT2D eigenvalue weighted by Crippen LogP contribution is -2.51. The fraction of sp³-hybridized carbons (Fsp3) is 0.545. The first-order valence-corrected chi connectivity index (χ1v) is 9.87. The number of carbonyl (C=O) groups excluding carboxylic acids is 2. The Balaban J connectivity index is 1.21. The summed E-state index contributed by atoms with van der Waals surface area (Å²) in [6.45, 7) is 0.442. The molecule has 0 spiro atoms. The number of carbonyl (C=O) groups is 2. The molecule has 0 atom stereocenters. The van der Waals surface area contributed by atoms with E-state index in [1.54, 1.807) is 12.1 Å². The average molecular weight is 371 g/mol. The van der Waals surface area contributed by atoms with Gasteiger partial charge in [-0.3, -0.25) is 4.79 Å². The highest BCUT2D eigenvalue weighted by Crippen LogP contribution is 2.59. The van der Waals surface area contributed by atoms with E-state index in [0.717, 1.165) is 17.8 Å². The smallest absolute Gasteiger partial charge is 0.331 e. The van der Waals surface area contributed by atoms with Crippen LogP contribution in [0.2, 0.25) is 0 Å². The minimum atomic E-state index is -0.579. The van der Waals surface area contributed by atoms with E-state index in [-0.39, 0.29) is 23.7 Å². The highest BCUT2D eigenvalue weighted by molar-refractivity contribution is 5.89. The second kappa shape index (κ2) is 7.45. The number of halogens is 1. The van der Waals surface area contributed by atoms with Crippen LogP contribution in [0.25, 0.3) is 6.08 Å². The van der Waals surface area contributed by atoms with E-state index in [2.05, 4.69) is 5.32 Å². The summed E-state index contributed by atoms with van der Waals surface area (Å²) in [4.78, 5) is 23.8. The lowest BCUT2D eigenvalue weighted by Gasteiger charge is -2.56. The van der Waals surface area contributed by atoms with Gasteiger partial charge < -0.3 is 10.1 Å². The Hall–Kier alpha value is -2.17. The SMILES string of the molecule is O=C(COC(=O)/C=C/c1ccc(F)cc1)NCC12CC3CC(CC(C3)C1)C2. The van der Waals surface area contributed by atoms with Gasteiger partial charge in [0.25, 0.3) is 5.91 Å². The van der Waals surface area contributed by atoms with Crippen LogP contribution in [0.15, 0.2) is 30.3 Å². The van der Waals surface area contributed by atoms with E-state index >= 15 is 0 Å². The largest absolute Gasteiger partial charge is 0.452 e. The molecular weight excluding hydrogens is 345 g/mol. The quantitative estimate of drug-likeness (QED) is 0.613. The number of ether oxygens (including phenoxy) is 1. The molecule has 0 radical (unpaired) electrons.